The van der Waals surface area contributed by atoms with E-state index in [0.717, 1.165) is 10.9 Å². The van der Waals surface area contributed by atoms with Crippen LogP contribution in [0.2, 0.25) is 0 Å². The number of benzene rings is 2. The van der Waals surface area contributed by atoms with Gasteiger partial charge in [-0.2, -0.15) is 0 Å². The van der Waals surface area contributed by atoms with Crippen molar-refractivity contribution in [3.63, 3.8) is 0 Å². The summed E-state index contributed by atoms with van der Waals surface area (Å²) in [6.45, 7) is -0.659. The van der Waals surface area contributed by atoms with E-state index in [2.05, 4.69) is 10.8 Å². The summed E-state index contributed by atoms with van der Waals surface area (Å²) in [4.78, 5) is 4.31. The molecule has 21 heavy (non-hydrogen) atoms. The molecule has 0 aliphatic heterocycles. The fourth-order valence-corrected chi connectivity index (χ4v) is 2.17. The predicted molar refractivity (Wildman–Crippen MR) is 83.0 cm³/mol. The highest BCUT2D eigenvalue weighted by Crippen LogP contribution is 2.23. The van der Waals surface area contributed by atoms with Gasteiger partial charge in [0, 0.05) is 11.6 Å². The van der Waals surface area contributed by atoms with Gasteiger partial charge in [0.05, 0.1) is 0 Å². The van der Waals surface area contributed by atoms with Crippen LogP contribution in [0.3, 0.4) is 0 Å². The molecular weight excluding hydrogens is 264 g/mol. The number of nitrogens with zero attached hydrogens (tertiary/aromatic N) is 1. The van der Waals surface area contributed by atoms with Crippen LogP contribution in [0, 0.1) is 18.1 Å². The van der Waals surface area contributed by atoms with Crippen LogP contribution in [-0.2, 0) is 0 Å². The normalized spacial score (nSPS) is 10.1. The SMILES string of the molecule is C#CB(Oc1cccc2cccnc12)c1cccc(F)c1. The summed E-state index contributed by atoms with van der Waals surface area (Å²) in [5, 5.41) is 0.963. The third kappa shape index (κ3) is 2.73. The Morgan fingerprint density at radius 3 is 2.71 bits per heavy atom. The molecule has 2 aromatic carbocycles. The third-order valence-corrected chi connectivity index (χ3v) is 3.14. The number of hydrogen-bond acceptors (Lipinski definition) is 2. The van der Waals surface area contributed by atoms with E-state index < -0.39 is 6.92 Å². The molecule has 0 saturated heterocycles. The molecule has 4 heteroatoms. The monoisotopic (exact) mass is 275 g/mol. The summed E-state index contributed by atoms with van der Waals surface area (Å²) < 4.78 is 19.2. The first kappa shape index (κ1) is 13.2. The van der Waals surface area contributed by atoms with E-state index in [0.29, 0.717) is 11.2 Å². The van der Waals surface area contributed by atoms with E-state index in [1.54, 1.807) is 24.4 Å². The fraction of sp³-hybridized carbons (Fsp3) is 0. The molecule has 0 unspecified atom stereocenters. The first-order chi connectivity index (χ1) is 10.3. The smallest absolute Gasteiger partial charge is 0.480 e. The van der Waals surface area contributed by atoms with Crippen molar-refractivity contribution in [2.24, 2.45) is 0 Å². The van der Waals surface area contributed by atoms with Crippen LogP contribution in [0.5, 0.6) is 5.75 Å². The Balaban J connectivity index is 1.99. The van der Waals surface area contributed by atoms with Crippen molar-refractivity contribution in [1.29, 1.82) is 0 Å². The van der Waals surface area contributed by atoms with Gasteiger partial charge in [-0.25, -0.2) is 4.39 Å². The number of rotatable bonds is 3. The molecule has 0 aliphatic carbocycles. The van der Waals surface area contributed by atoms with Gasteiger partial charge < -0.3 is 4.65 Å². The number of hydrogen-bond donors (Lipinski definition) is 0. The minimum Gasteiger partial charge on any atom is -0.544 e. The average molecular weight is 275 g/mol. The van der Waals surface area contributed by atoms with Crippen molar-refractivity contribution in [2.45, 2.75) is 0 Å². The lowest BCUT2D eigenvalue weighted by molar-refractivity contribution is 0.596. The molecule has 0 atom stereocenters. The number of para-hydroxylation sites is 1. The van der Waals surface area contributed by atoms with E-state index >= 15 is 0 Å². The fourth-order valence-electron chi connectivity index (χ4n) is 2.17. The van der Waals surface area contributed by atoms with Crippen LogP contribution in [0.1, 0.15) is 0 Å². The van der Waals surface area contributed by atoms with Gasteiger partial charge >= 0.3 is 6.92 Å². The highest BCUT2D eigenvalue weighted by molar-refractivity contribution is 6.75. The largest absolute Gasteiger partial charge is 0.544 e. The molecule has 100 valence electrons. The van der Waals surface area contributed by atoms with Crippen molar-refractivity contribution in [2.75, 3.05) is 0 Å². The second kappa shape index (κ2) is 5.68. The maximum absolute atomic E-state index is 13.3. The molecule has 1 heterocycles. The minimum absolute atomic E-state index is 0.340. The maximum atomic E-state index is 13.3. The Kier molecular flexibility index (Phi) is 3.57. The van der Waals surface area contributed by atoms with Crippen molar-refractivity contribution in [1.82, 2.24) is 4.98 Å². The molecule has 3 rings (SSSR count). The van der Waals surface area contributed by atoms with Gasteiger partial charge in [0.2, 0.25) is 0 Å². The van der Waals surface area contributed by atoms with E-state index in [4.69, 9.17) is 11.1 Å². The second-order valence-corrected chi connectivity index (χ2v) is 4.55. The molecule has 0 radical (unpaired) electrons. The van der Waals surface area contributed by atoms with Crippen LogP contribution < -0.4 is 10.1 Å². The van der Waals surface area contributed by atoms with Crippen LogP contribution in [0.25, 0.3) is 10.9 Å². The van der Waals surface area contributed by atoms with Gasteiger partial charge in [-0.15, -0.1) is 12.2 Å². The van der Waals surface area contributed by atoms with Crippen molar-refractivity contribution >= 4 is 23.3 Å². The Labute approximate surface area is 122 Å². The van der Waals surface area contributed by atoms with Crippen LogP contribution in [0.15, 0.2) is 60.8 Å². The van der Waals surface area contributed by atoms with Crippen molar-refractivity contribution < 1.29 is 9.04 Å². The predicted octanol–water partition coefficient (Wildman–Crippen LogP) is 2.82. The molecule has 2 nitrogen and oxygen atoms in total. The lowest BCUT2D eigenvalue weighted by Gasteiger charge is -2.12. The molecule has 0 fully saturated rings. The average Bonchev–Trinajstić information content (AvgIpc) is 2.52. The van der Waals surface area contributed by atoms with E-state index in [9.17, 15) is 4.39 Å². The van der Waals surface area contributed by atoms with E-state index in [-0.39, 0.29) is 5.82 Å². The summed E-state index contributed by atoms with van der Waals surface area (Å²) in [6.07, 6.45) is 7.23. The van der Waals surface area contributed by atoms with Crippen LogP contribution in [-0.4, -0.2) is 11.9 Å². The quantitative estimate of drug-likeness (QED) is 0.541. The molecule has 0 bridgehead atoms. The van der Waals surface area contributed by atoms with Crippen LogP contribution >= 0.6 is 0 Å². The summed E-state index contributed by atoms with van der Waals surface area (Å²) in [7, 11) is 0. The summed E-state index contributed by atoms with van der Waals surface area (Å²) in [5.41, 5.74) is 1.34. The van der Waals surface area contributed by atoms with Gasteiger partial charge in [0.25, 0.3) is 0 Å². The molecule has 0 saturated carbocycles. The van der Waals surface area contributed by atoms with Crippen LogP contribution in [0.4, 0.5) is 4.39 Å². The van der Waals surface area contributed by atoms with E-state index in [1.807, 2.05) is 24.3 Å². The van der Waals surface area contributed by atoms with Gasteiger partial charge in [-0.3, -0.25) is 4.98 Å². The van der Waals surface area contributed by atoms with Crippen molar-refractivity contribution in [3.8, 4) is 18.0 Å². The lowest BCUT2D eigenvalue weighted by atomic mass is 9.62. The molecule has 0 amide bonds. The minimum atomic E-state index is -0.659. The maximum Gasteiger partial charge on any atom is 0.480 e. The third-order valence-electron chi connectivity index (χ3n) is 3.14. The van der Waals surface area contributed by atoms with Gasteiger partial charge in [0.1, 0.15) is 17.1 Å². The number of fused-ring (bicyclic) bond motifs is 1. The molecule has 1 aromatic heterocycles. The Bertz CT molecular complexity index is 823. The first-order valence-corrected chi connectivity index (χ1v) is 6.50. The molecule has 0 N–H and O–H groups in total. The van der Waals surface area contributed by atoms with Gasteiger partial charge in [0.15, 0.2) is 0 Å². The van der Waals surface area contributed by atoms with Gasteiger partial charge in [-0.1, -0.05) is 30.3 Å². The van der Waals surface area contributed by atoms with Crippen molar-refractivity contribution in [3.05, 3.63) is 66.6 Å². The molecule has 0 aliphatic rings. The van der Waals surface area contributed by atoms with E-state index in [1.165, 1.54) is 12.1 Å². The number of halogens is 1. The lowest BCUT2D eigenvalue weighted by Crippen LogP contribution is -2.35. The molecule has 3 aromatic rings. The summed E-state index contributed by atoms with van der Waals surface area (Å²) in [5.74, 6) is 2.79. The second-order valence-electron chi connectivity index (χ2n) is 4.55. The number of terminal acetylenes is 1. The topological polar surface area (TPSA) is 22.1 Å². The first-order valence-electron chi connectivity index (χ1n) is 6.50. The number of pyridine rings is 1. The highest BCUT2D eigenvalue weighted by Gasteiger charge is 2.20. The zero-order valence-electron chi connectivity index (χ0n) is 11.2. The zero-order valence-corrected chi connectivity index (χ0v) is 11.2. The number of aromatic nitrogens is 1. The summed E-state index contributed by atoms with van der Waals surface area (Å²) >= 11 is 0. The Hall–Kier alpha value is -2.80. The Morgan fingerprint density at radius 1 is 1.10 bits per heavy atom. The van der Waals surface area contributed by atoms with Gasteiger partial charge in [-0.05, 0) is 29.7 Å². The Morgan fingerprint density at radius 2 is 1.90 bits per heavy atom. The standard InChI is InChI=1S/C17H11BFNO/c1-2-18(14-8-4-9-15(19)12-14)21-16-10-3-6-13-7-5-11-20-17(13)16/h1,3-12H. The molecule has 0 spiro atoms. The highest BCUT2D eigenvalue weighted by atomic mass is 19.1. The zero-order chi connectivity index (χ0) is 14.7. The molecular formula is C17H11BFNO. The summed E-state index contributed by atoms with van der Waals surface area (Å²) in [6, 6.07) is 15.5.